The van der Waals surface area contributed by atoms with Crippen LogP contribution in [0.2, 0.25) is 0 Å². The third kappa shape index (κ3) is 2.96. The third-order valence-electron chi connectivity index (χ3n) is 4.13. The summed E-state index contributed by atoms with van der Waals surface area (Å²) in [5, 5.41) is 10.5. The van der Waals surface area contributed by atoms with E-state index in [1.54, 1.807) is 6.26 Å². The van der Waals surface area contributed by atoms with Crippen molar-refractivity contribution in [2.45, 2.75) is 57.7 Å². The Morgan fingerprint density at radius 3 is 2.78 bits per heavy atom. The maximum atomic E-state index is 10.5. The summed E-state index contributed by atoms with van der Waals surface area (Å²) in [6.45, 7) is 4.93. The van der Waals surface area contributed by atoms with E-state index in [0.29, 0.717) is 13.0 Å². The van der Waals surface area contributed by atoms with Gasteiger partial charge in [-0.1, -0.05) is 6.92 Å². The molecule has 1 aliphatic rings. The van der Waals surface area contributed by atoms with Crippen LogP contribution in [0.5, 0.6) is 0 Å². The first kappa shape index (κ1) is 13.6. The molecule has 0 aliphatic heterocycles. The van der Waals surface area contributed by atoms with E-state index in [9.17, 15) is 5.11 Å². The smallest absolute Gasteiger partial charge is 0.106 e. The zero-order valence-electron chi connectivity index (χ0n) is 11.4. The van der Waals surface area contributed by atoms with Crippen molar-refractivity contribution in [1.29, 1.82) is 0 Å². The van der Waals surface area contributed by atoms with E-state index in [1.807, 2.05) is 19.1 Å². The minimum Gasteiger partial charge on any atom is -0.469 e. The number of hydrogen-bond donors (Lipinski definition) is 1. The Bertz CT molecular complexity index is 337. The van der Waals surface area contributed by atoms with Crippen molar-refractivity contribution in [1.82, 2.24) is 0 Å². The van der Waals surface area contributed by atoms with Crippen molar-refractivity contribution in [3.05, 3.63) is 24.2 Å². The molecular formula is C15H24O3. The van der Waals surface area contributed by atoms with E-state index < -0.39 is 6.10 Å². The average Bonchev–Trinajstić information content (AvgIpc) is 2.85. The van der Waals surface area contributed by atoms with Crippen LogP contribution in [-0.4, -0.2) is 23.4 Å². The molecule has 18 heavy (non-hydrogen) atoms. The Morgan fingerprint density at radius 2 is 2.22 bits per heavy atom. The Labute approximate surface area is 109 Å². The van der Waals surface area contributed by atoms with Crippen LogP contribution in [0.4, 0.5) is 0 Å². The van der Waals surface area contributed by atoms with E-state index in [0.717, 1.165) is 37.4 Å². The molecule has 1 aliphatic carbocycles. The normalized spacial score (nSPS) is 30.3. The molecular weight excluding hydrogens is 228 g/mol. The van der Waals surface area contributed by atoms with Gasteiger partial charge < -0.3 is 14.3 Å². The van der Waals surface area contributed by atoms with Gasteiger partial charge in [-0.25, -0.2) is 0 Å². The first-order chi connectivity index (χ1) is 8.66. The molecule has 1 N–H and O–H groups in total. The van der Waals surface area contributed by atoms with Gasteiger partial charge in [0.15, 0.2) is 0 Å². The quantitative estimate of drug-likeness (QED) is 0.875. The fourth-order valence-electron chi connectivity index (χ4n) is 2.92. The van der Waals surface area contributed by atoms with Gasteiger partial charge in [-0.05, 0) is 50.7 Å². The number of ether oxygens (including phenoxy) is 1. The average molecular weight is 252 g/mol. The molecule has 1 aromatic rings. The van der Waals surface area contributed by atoms with Crippen LogP contribution >= 0.6 is 0 Å². The number of rotatable bonds is 5. The van der Waals surface area contributed by atoms with E-state index in [1.165, 1.54) is 0 Å². The molecule has 1 heterocycles. The molecule has 3 nitrogen and oxygen atoms in total. The topological polar surface area (TPSA) is 42.6 Å². The fraction of sp³-hybridized carbons (Fsp3) is 0.733. The van der Waals surface area contributed by atoms with Crippen LogP contribution in [0.3, 0.4) is 0 Å². The molecule has 2 rings (SSSR count). The maximum Gasteiger partial charge on any atom is 0.106 e. The fourth-order valence-corrected chi connectivity index (χ4v) is 2.92. The molecule has 0 amide bonds. The summed E-state index contributed by atoms with van der Waals surface area (Å²) in [5.41, 5.74) is -0.367. The van der Waals surface area contributed by atoms with Crippen LogP contribution in [0.25, 0.3) is 0 Å². The predicted octanol–water partition coefficient (Wildman–Crippen LogP) is 3.17. The molecule has 0 radical (unpaired) electrons. The molecule has 0 spiro atoms. The molecule has 102 valence electrons. The summed E-state index contributed by atoms with van der Waals surface area (Å²) in [5.74, 6) is 1.58. The van der Waals surface area contributed by atoms with Crippen LogP contribution < -0.4 is 0 Å². The zero-order chi connectivity index (χ0) is 13.0. The molecule has 0 aromatic carbocycles. The van der Waals surface area contributed by atoms with Crippen LogP contribution in [-0.2, 0) is 11.2 Å². The van der Waals surface area contributed by atoms with E-state index in [-0.39, 0.29) is 5.60 Å². The second-order valence-corrected chi connectivity index (χ2v) is 5.48. The molecule has 1 unspecified atom stereocenters. The number of aliphatic hydroxyl groups excluding tert-OH is 1. The lowest BCUT2D eigenvalue weighted by atomic mass is 9.75. The number of aliphatic hydroxyl groups is 1. The van der Waals surface area contributed by atoms with E-state index >= 15 is 0 Å². The van der Waals surface area contributed by atoms with Gasteiger partial charge >= 0.3 is 0 Å². The first-order valence-corrected chi connectivity index (χ1v) is 7.00. The van der Waals surface area contributed by atoms with E-state index in [4.69, 9.17) is 9.15 Å². The molecule has 3 heteroatoms. The van der Waals surface area contributed by atoms with Gasteiger partial charge in [0.05, 0.1) is 18.0 Å². The highest BCUT2D eigenvalue weighted by molar-refractivity contribution is 5.04. The Balaban J connectivity index is 2.04. The lowest BCUT2D eigenvalue weighted by molar-refractivity contribution is -0.144. The standard InChI is InChI=1S/C15H24O3/c1-3-18-15(8-6-12(2)7-9-15)14(16)11-13-5-4-10-17-13/h4-5,10,12,14,16H,3,6-9,11H2,1-2H3. The lowest BCUT2D eigenvalue weighted by Crippen LogP contribution is -2.48. The third-order valence-corrected chi connectivity index (χ3v) is 4.13. The van der Waals surface area contributed by atoms with Crippen molar-refractivity contribution >= 4 is 0 Å². The van der Waals surface area contributed by atoms with Crippen molar-refractivity contribution in [3.63, 3.8) is 0 Å². The summed E-state index contributed by atoms with van der Waals surface area (Å²) >= 11 is 0. The highest BCUT2D eigenvalue weighted by Crippen LogP contribution is 2.38. The summed E-state index contributed by atoms with van der Waals surface area (Å²) < 4.78 is 11.3. The minimum absolute atomic E-state index is 0.367. The van der Waals surface area contributed by atoms with Crippen molar-refractivity contribution in [3.8, 4) is 0 Å². The van der Waals surface area contributed by atoms with Crippen molar-refractivity contribution in [2.24, 2.45) is 5.92 Å². The van der Waals surface area contributed by atoms with Crippen LogP contribution in [0.15, 0.2) is 22.8 Å². The molecule has 1 fully saturated rings. The van der Waals surface area contributed by atoms with Gasteiger partial charge in [0.25, 0.3) is 0 Å². The largest absolute Gasteiger partial charge is 0.469 e. The Morgan fingerprint density at radius 1 is 1.50 bits per heavy atom. The summed E-state index contributed by atoms with van der Waals surface area (Å²) in [6, 6.07) is 3.77. The molecule has 1 saturated carbocycles. The summed E-state index contributed by atoms with van der Waals surface area (Å²) in [4.78, 5) is 0. The number of furan rings is 1. The second-order valence-electron chi connectivity index (χ2n) is 5.48. The molecule has 1 aromatic heterocycles. The summed E-state index contributed by atoms with van der Waals surface area (Å²) in [6.07, 6.45) is 5.88. The second kappa shape index (κ2) is 5.89. The van der Waals surface area contributed by atoms with Crippen molar-refractivity contribution < 1.29 is 14.3 Å². The van der Waals surface area contributed by atoms with Gasteiger partial charge in [-0.3, -0.25) is 0 Å². The highest BCUT2D eigenvalue weighted by Gasteiger charge is 2.41. The van der Waals surface area contributed by atoms with Gasteiger partial charge in [-0.15, -0.1) is 0 Å². The molecule has 1 atom stereocenters. The zero-order valence-corrected chi connectivity index (χ0v) is 11.4. The summed E-state index contributed by atoms with van der Waals surface area (Å²) in [7, 11) is 0. The number of hydrogen-bond acceptors (Lipinski definition) is 3. The first-order valence-electron chi connectivity index (χ1n) is 7.00. The Hall–Kier alpha value is -0.800. The van der Waals surface area contributed by atoms with Gasteiger partial charge in [0, 0.05) is 13.0 Å². The van der Waals surface area contributed by atoms with Crippen LogP contribution in [0, 0.1) is 5.92 Å². The lowest BCUT2D eigenvalue weighted by Gasteiger charge is -2.42. The highest BCUT2D eigenvalue weighted by atomic mass is 16.5. The molecule has 0 bridgehead atoms. The van der Waals surface area contributed by atoms with Gasteiger partial charge in [0.2, 0.25) is 0 Å². The van der Waals surface area contributed by atoms with Crippen LogP contribution in [0.1, 0.15) is 45.3 Å². The predicted molar refractivity (Wildman–Crippen MR) is 70.4 cm³/mol. The Kier molecular flexibility index (Phi) is 4.46. The minimum atomic E-state index is -0.476. The molecule has 0 saturated heterocycles. The monoisotopic (exact) mass is 252 g/mol. The van der Waals surface area contributed by atoms with Gasteiger partial charge in [0.1, 0.15) is 5.76 Å². The SMILES string of the molecule is CCOC1(C(O)Cc2ccco2)CCC(C)CC1. The van der Waals surface area contributed by atoms with E-state index in [2.05, 4.69) is 6.92 Å². The van der Waals surface area contributed by atoms with Crippen molar-refractivity contribution in [2.75, 3.05) is 6.61 Å². The maximum absolute atomic E-state index is 10.5. The van der Waals surface area contributed by atoms with Gasteiger partial charge in [-0.2, -0.15) is 0 Å².